The molecule has 1 saturated heterocycles. The van der Waals surface area contributed by atoms with Gasteiger partial charge in [0.05, 0.1) is 12.7 Å². The lowest BCUT2D eigenvalue weighted by Crippen LogP contribution is -2.36. The zero-order valence-corrected chi connectivity index (χ0v) is 9.05. The third kappa shape index (κ3) is 2.99. The summed E-state index contributed by atoms with van der Waals surface area (Å²) in [6.07, 6.45) is 1.28. The Hall–Kier alpha value is -0.570. The normalized spacial score (nSPS) is 24.2. The summed E-state index contributed by atoms with van der Waals surface area (Å²) in [6.45, 7) is 10.0. The Kier molecular flexibility index (Phi) is 2.96. The predicted octanol–water partition coefficient (Wildman–Crippen LogP) is 1.20. The predicted molar refractivity (Wildman–Crippen MR) is 53.2 cm³/mol. The van der Waals surface area contributed by atoms with Crippen LogP contribution in [0, 0.1) is 5.41 Å². The van der Waals surface area contributed by atoms with Crippen LogP contribution >= 0.6 is 0 Å². The summed E-state index contributed by atoms with van der Waals surface area (Å²) in [6, 6.07) is 0. The van der Waals surface area contributed by atoms with Crippen LogP contribution in [0.15, 0.2) is 0 Å². The Morgan fingerprint density at radius 2 is 2.15 bits per heavy atom. The molecular weight excluding hydrogens is 164 g/mol. The lowest BCUT2D eigenvalue weighted by Gasteiger charge is -2.25. The van der Waals surface area contributed by atoms with Crippen molar-refractivity contribution in [2.45, 2.75) is 40.3 Å². The zero-order valence-electron chi connectivity index (χ0n) is 9.05. The molecule has 3 heteroatoms. The molecule has 1 N–H and O–H groups in total. The minimum Gasteiger partial charge on any atom is -0.326 e. The first-order valence-corrected chi connectivity index (χ1v) is 4.93. The van der Waals surface area contributed by atoms with Gasteiger partial charge in [0.15, 0.2) is 0 Å². The number of nitrogens with one attached hydrogen (secondary N) is 1. The molecule has 1 aliphatic heterocycles. The molecule has 1 amide bonds. The van der Waals surface area contributed by atoms with Gasteiger partial charge >= 0.3 is 0 Å². The first-order valence-electron chi connectivity index (χ1n) is 4.93. The van der Waals surface area contributed by atoms with E-state index in [1.807, 2.05) is 11.8 Å². The van der Waals surface area contributed by atoms with Crippen LogP contribution in [0.1, 0.15) is 34.1 Å². The first-order chi connectivity index (χ1) is 5.90. The molecule has 1 rings (SSSR count). The van der Waals surface area contributed by atoms with E-state index in [1.54, 1.807) is 0 Å². The maximum absolute atomic E-state index is 11.4. The van der Waals surface area contributed by atoms with Crippen molar-refractivity contribution in [3.8, 4) is 0 Å². The summed E-state index contributed by atoms with van der Waals surface area (Å²) in [7, 11) is 0. The van der Waals surface area contributed by atoms with Crippen LogP contribution in [0.5, 0.6) is 0 Å². The Morgan fingerprint density at radius 3 is 2.54 bits per heavy atom. The van der Waals surface area contributed by atoms with E-state index in [0.717, 1.165) is 13.0 Å². The molecule has 1 atom stereocenters. The largest absolute Gasteiger partial charge is 0.326 e. The van der Waals surface area contributed by atoms with Crippen molar-refractivity contribution >= 4 is 5.91 Å². The lowest BCUT2D eigenvalue weighted by molar-refractivity contribution is -0.128. The van der Waals surface area contributed by atoms with Gasteiger partial charge in [0.25, 0.3) is 0 Å². The van der Waals surface area contributed by atoms with Crippen molar-refractivity contribution < 1.29 is 4.79 Å². The maximum atomic E-state index is 11.4. The summed E-state index contributed by atoms with van der Waals surface area (Å²) < 4.78 is 0. The molecule has 1 fully saturated rings. The molecule has 0 radical (unpaired) electrons. The summed E-state index contributed by atoms with van der Waals surface area (Å²) >= 11 is 0. The average Bonchev–Trinajstić information content (AvgIpc) is 2.27. The Balaban J connectivity index is 2.40. The molecule has 1 aliphatic rings. The molecule has 0 aliphatic carbocycles. The number of amides is 1. The number of nitrogens with zero attached hydrogens (tertiary/aromatic N) is 1. The summed E-state index contributed by atoms with van der Waals surface area (Å²) in [5, 5.41) is 3.13. The highest BCUT2D eigenvalue weighted by Gasteiger charge is 2.27. The van der Waals surface area contributed by atoms with Crippen LogP contribution < -0.4 is 5.32 Å². The van der Waals surface area contributed by atoms with E-state index in [0.29, 0.717) is 12.0 Å². The van der Waals surface area contributed by atoms with Crippen molar-refractivity contribution in [3.05, 3.63) is 0 Å². The van der Waals surface area contributed by atoms with Crippen LogP contribution in [-0.4, -0.2) is 30.1 Å². The molecular formula is C10H20N2O. The van der Waals surface area contributed by atoms with E-state index >= 15 is 0 Å². The van der Waals surface area contributed by atoms with Crippen molar-refractivity contribution in [2.75, 3.05) is 13.1 Å². The van der Waals surface area contributed by atoms with Crippen molar-refractivity contribution in [3.63, 3.8) is 0 Å². The fourth-order valence-corrected chi connectivity index (χ4v) is 1.44. The molecule has 76 valence electrons. The Morgan fingerprint density at radius 1 is 1.54 bits per heavy atom. The molecule has 0 aromatic rings. The van der Waals surface area contributed by atoms with E-state index in [9.17, 15) is 4.79 Å². The van der Waals surface area contributed by atoms with Gasteiger partial charge in [0.1, 0.15) is 0 Å². The molecule has 0 aromatic heterocycles. The van der Waals surface area contributed by atoms with Gasteiger partial charge in [-0.25, -0.2) is 0 Å². The van der Waals surface area contributed by atoms with Crippen LogP contribution in [0.2, 0.25) is 0 Å². The highest BCUT2D eigenvalue weighted by molar-refractivity contribution is 5.80. The van der Waals surface area contributed by atoms with Crippen LogP contribution in [-0.2, 0) is 4.79 Å². The van der Waals surface area contributed by atoms with E-state index in [1.165, 1.54) is 0 Å². The first kappa shape index (κ1) is 10.5. The summed E-state index contributed by atoms with van der Waals surface area (Å²) in [5.41, 5.74) is 0.308. The molecule has 0 spiro atoms. The monoisotopic (exact) mass is 184 g/mol. The Labute approximate surface area is 80.5 Å². The molecule has 3 nitrogen and oxygen atoms in total. The van der Waals surface area contributed by atoms with Gasteiger partial charge in [-0.2, -0.15) is 0 Å². The smallest absolute Gasteiger partial charge is 0.237 e. The molecule has 0 aromatic carbocycles. The number of carbonyl (C=O) groups is 1. The third-order valence-corrected chi connectivity index (χ3v) is 2.44. The van der Waals surface area contributed by atoms with Crippen molar-refractivity contribution in [2.24, 2.45) is 5.41 Å². The number of rotatable bonds is 2. The van der Waals surface area contributed by atoms with Gasteiger partial charge in [-0.05, 0) is 18.8 Å². The van der Waals surface area contributed by atoms with E-state index in [2.05, 4.69) is 26.1 Å². The topological polar surface area (TPSA) is 32.3 Å². The van der Waals surface area contributed by atoms with Gasteiger partial charge in [-0.15, -0.1) is 0 Å². The number of carbonyl (C=O) groups excluding carboxylic acids is 1. The molecule has 0 bridgehead atoms. The Bertz CT molecular complexity index is 196. The van der Waals surface area contributed by atoms with Gasteiger partial charge < -0.3 is 4.90 Å². The molecule has 0 saturated carbocycles. The van der Waals surface area contributed by atoms with Crippen LogP contribution in [0.4, 0.5) is 0 Å². The molecule has 1 heterocycles. The second-order valence-electron chi connectivity index (χ2n) is 4.95. The van der Waals surface area contributed by atoms with Gasteiger partial charge in [0.2, 0.25) is 5.91 Å². The highest BCUT2D eigenvalue weighted by atomic mass is 16.2. The van der Waals surface area contributed by atoms with Gasteiger partial charge in [0, 0.05) is 6.54 Å². The maximum Gasteiger partial charge on any atom is 0.237 e. The minimum absolute atomic E-state index is 0.217. The second-order valence-corrected chi connectivity index (χ2v) is 4.95. The summed E-state index contributed by atoms with van der Waals surface area (Å²) in [4.78, 5) is 13.3. The molecule has 13 heavy (non-hydrogen) atoms. The number of hydrogen-bond donors (Lipinski definition) is 1. The van der Waals surface area contributed by atoms with Crippen molar-refractivity contribution in [1.29, 1.82) is 0 Å². The average molecular weight is 184 g/mol. The quantitative estimate of drug-likeness (QED) is 0.699. The lowest BCUT2D eigenvalue weighted by atomic mass is 9.92. The zero-order chi connectivity index (χ0) is 10.1. The van der Waals surface area contributed by atoms with Crippen LogP contribution in [0.25, 0.3) is 0 Å². The molecule has 1 unspecified atom stereocenters. The van der Waals surface area contributed by atoms with Gasteiger partial charge in [-0.1, -0.05) is 20.8 Å². The van der Waals surface area contributed by atoms with Crippen LogP contribution in [0.3, 0.4) is 0 Å². The minimum atomic E-state index is 0.217. The fraction of sp³-hybridized carbons (Fsp3) is 0.900. The highest BCUT2D eigenvalue weighted by Crippen LogP contribution is 2.20. The fourth-order valence-electron chi connectivity index (χ4n) is 1.44. The second kappa shape index (κ2) is 3.66. The third-order valence-electron chi connectivity index (χ3n) is 2.44. The SMILES string of the molecule is CC1NCC(=O)N1CCC(C)(C)C. The van der Waals surface area contributed by atoms with Crippen molar-refractivity contribution in [1.82, 2.24) is 10.2 Å². The standard InChI is InChI=1S/C10H20N2O/c1-8-11-7-9(13)12(8)6-5-10(2,3)4/h8,11H,5-7H2,1-4H3. The summed E-state index contributed by atoms with van der Waals surface area (Å²) in [5.74, 6) is 0.233. The van der Waals surface area contributed by atoms with E-state index < -0.39 is 0 Å². The van der Waals surface area contributed by atoms with E-state index in [-0.39, 0.29) is 12.1 Å². The van der Waals surface area contributed by atoms with Gasteiger partial charge in [-0.3, -0.25) is 10.1 Å². The van der Waals surface area contributed by atoms with E-state index in [4.69, 9.17) is 0 Å². The number of hydrogen-bond acceptors (Lipinski definition) is 2.